The van der Waals surface area contributed by atoms with Crippen molar-refractivity contribution in [3.05, 3.63) is 47.9 Å². The Morgan fingerprint density at radius 3 is 2.58 bits per heavy atom. The Kier molecular flexibility index (Phi) is 7.65. The Labute approximate surface area is 195 Å². The summed E-state index contributed by atoms with van der Waals surface area (Å²) >= 11 is 0. The second-order valence-corrected chi connectivity index (χ2v) is 9.28. The number of anilines is 1. The van der Waals surface area contributed by atoms with Crippen molar-refractivity contribution in [3.8, 4) is 0 Å². The fraction of sp³-hybridized carbons (Fsp3) is 0.560. The number of nitrogens with zero attached hydrogens (tertiary/aromatic N) is 4. The highest BCUT2D eigenvalue weighted by molar-refractivity contribution is 5.77. The molecule has 0 bridgehead atoms. The van der Waals surface area contributed by atoms with E-state index in [4.69, 9.17) is 4.52 Å². The summed E-state index contributed by atoms with van der Waals surface area (Å²) in [7, 11) is 2.04. The molecule has 0 saturated carbocycles. The molecule has 2 atom stereocenters. The number of nitrogens with one attached hydrogen (secondary N) is 1. The van der Waals surface area contributed by atoms with Gasteiger partial charge in [0.25, 0.3) is 0 Å². The van der Waals surface area contributed by atoms with E-state index in [9.17, 15) is 9.59 Å². The van der Waals surface area contributed by atoms with Crippen molar-refractivity contribution in [1.29, 1.82) is 0 Å². The number of piperidine rings is 1. The topological polar surface area (TPSA) is 81.9 Å². The third kappa shape index (κ3) is 6.13. The molecule has 2 fully saturated rings. The smallest absolute Gasteiger partial charge is 0.222 e. The van der Waals surface area contributed by atoms with E-state index in [-0.39, 0.29) is 11.8 Å². The second kappa shape index (κ2) is 10.8. The molecule has 0 unspecified atom stereocenters. The van der Waals surface area contributed by atoms with E-state index in [2.05, 4.69) is 27.5 Å². The maximum Gasteiger partial charge on any atom is 0.222 e. The van der Waals surface area contributed by atoms with Gasteiger partial charge < -0.3 is 24.5 Å². The molecule has 3 heterocycles. The van der Waals surface area contributed by atoms with Crippen molar-refractivity contribution in [2.24, 2.45) is 11.8 Å². The van der Waals surface area contributed by atoms with Crippen LogP contribution in [-0.2, 0) is 22.6 Å². The molecule has 1 aromatic carbocycles. The van der Waals surface area contributed by atoms with Crippen molar-refractivity contribution in [3.63, 3.8) is 0 Å². The lowest BCUT2D eigenvalue weighted by molar-refractivity contribution is -0.139. The molecule has 1 N–H and O–H groups in total. The fourth-order valence-corrected chi connectivity index (χ4v) is 4.91. The predicted octanol–water partition coefficient (Wildman–Crippen LogP) is 2.16. The van der Waals surface area contributed by atoms with Crippen molar-refractivity contribution < 1.29 is 14.1 Å². The maximum atomic E-state index is 13.0. The van der Waals surface area contributed by atoms with Crippen molar-refractivity contribution in [1.82, 2.24) is 20.3 Å². The maximum absolute atomic E-state index is 13.0. The molecular formula is C25H35N5O3. The average molecular weight is 454 g/mol. The third-order valence-corrected chi connectivity index (χ3v) is 6.95. The van der Waals surface area contributed by atoms with Gasteiger partial charge in [-0.2, -0.15) is 0 Å². The monoisotopic (exact) mass is 453 g/mol. The van der Waals surface area contributed by atoms with Crippen LogP contribution >= 0.6 is 0 Å². The molecule has 4 rings (SSSR count). The summed E-state index contributed by atoms with van der Waals surface area (Å²) in [4.78, 5) is 30.4. The van der Waals surface area contributed by atoms with Crippen LogP contribution in [0.5, 0.6) is 0 Å². The first kappa shape index (κ1) is 23.3. The molecule has 8 nitrogen and oxygen atoms in total. The number of hydrogen-bond donors (Lipinski definition) is 1. The number of piperazine rings is 1. The van der Waals surface area contributed by atoms with E-state index < -0.39 is 0 Å². The first-order valence-electron chi connectivity index (χ1n) is 11.9. The van der Waals surface area contributed by atoms with Crippen LogP contribution in [0.4, 0.5) is 5.69 Å². The first-order valence-corrected chi connectivity index (χ1v) is 11.9. The Hall–Kier alpha value is -2.87. The summed E-state index contributed by atoms with van der Waals surface area (Å²) in [6, 6.07) is 12.3. The van der Waals surface area contributed by atoms with Crippen LogP contribution in [0.25, 0.3) is 0 Å². The Bertz CT molecular complexity index is 923. The zero-order valence-electron chi connectivity index (χ0n) is 19.7. The van der Waals surface area contributed by atoms with Crippen LogP contribution in [-0.4, -0.2) is 73.1 Å². The molecule has 8 heteroatoms. The van der Waals surface area contributed by atoms with Crippen LogP contribution in [0.2, 0.25) is 0 Å². The molecule has 2 aliphatic heterocycles. The van der Waals surface area contributed by atoms with Crippen LogP contribution < -0.4 is 10.2 Å². The largest absolute Gasteiger partial charge is 0.367 e. The molecule has 178 valence electrons. The summed E-state index contributed by atoms with van der Waals surface area (Å²) in [5, 5.41) is 7.80. The molecule has 2 aliphatic rings. The minimum atomic E-state index is 0.0856. The second-order valence-electron chi connectivity index (χ2n) is 9.28. The van der Waals surface area contributed by atoms with Crippen molar-refractivity contribution in [2.45, 2.75) is 32.7 Å². The van der Waals surface area contributed by atoms with E-state index >= 15 is 0 Å². The summed E-state index contributed by atoms with van der Waals surface area (Å²) in [6.45, 7) is 6.62. The van der Waals surface area contributed by atoms with E-state index in [0.29, 0.717) is 51.0 Å². The van der Waals surface area contributed by atoms with Gasteiger partial charge in [-0.25, -0.2) is 0 Å². The molecule has 1 aromatic heterocycles. The lowest BCUT2D eigenvalue weighted by Gasteiger charge is -2.37. The number of benzene rings is 1. The van der Waals surface area contributed by atoms with Gasteiger partial charge in [-0.05, 0) is 49.9 Å². The van der Waals surface area contributed by atoms with Gasteiger partial charge in [-0.3, -0.25) is 9.59 Å². The minimum Gasteiger partial charge on any atom is -0.367 e. The van der Waals surface area contributed by atoms with Gasteiger partial charge in [0.05, 0.1) is 12.2 Å². The van der Waals surface area contributed by atoms with Gasteiger partial charge in [-0.15, -0.1) is 0 Å². The standard InChI is InChI=1S/C25H35N5O3/c1-19(31)29-10-12-30(13-11-29)25(32)15-20-8-9-26-17-21(20)14-22-16-24(33-27-22)18-28(2)23-6-4-3-5-7-23/h3-7,16,20-21,26H,8-15,17-18H2,1-2H3/t20-,21-/m0/s1. The average Bonchev–Trinajstić information content (AvgIpc) is 3.27. The van der Waals surface area contributed by atoms with Gasteiger partial charge in [0.2, 0.25) is 11.8 Å². The molecule has 0 radical (unpaired) electrons. The Balaban J connectivity index is 1.31. The highest BCUT2D eigenvalue weighted by Gasteiger charge is 2.31. The number of hydrogen-bond acceptors (Lipinski definition) is 6. The number of para-hydroxylation sites is 1. The number of carbonyl (C=O) groups excluding carboxylic acids is 2. The van der Waals surface area contributed by atoms with E-state index in [1.807, 2.05) is 41.1 Å². The summed E-state index contributed by atoms with van der Waals surface area (Å²) < 4.78 is 5.62. The quantitative estimate of drug-likeness (QED) is 0.692. The zero-order chi connectivity index (χ0) is 23.2. The Morgan fingerprint density at radius 1 is 1.12 bits per heavy atom. The lowest BCUT2D eigenvalue weighted by atomic mass is 9.81. The van der Waals surface area contributed by atoms with Gasteiger partial charge in [-0.1, -0.05) is 23.4 Å². The molecular weight excluding hydrogens is 418 g/mol. The molecule has 2 aromatic rings. The van der Waals surface area contributed by atoms with E-state index in [1.165, 1.54) is 0 Å². The number of amides is 2. The normalized spacial score (nSPS) is 21.2. The molecule has 0 spiro atoms. The van der Waals surface area contributed by atoms with Gasteiger partial charge in [0.1, 0.15) is 0 Å². The lowest BCUT2D eigenvalue weighted by Crippen LogP contribution is -2.51. The number of carbonyl (C=O) groups is 2. The van der Waals surface area contributed by atoms with Gasteiger partial charge in [0, 0.05) is 58.3 Å². The van der Waals surface area contributed by atoms with E-state index in [0.717, 1.165) is 43.1 Å². The third-order valence-electron chi connectivity index (χ3n) is 6.95. The van der Waals surface area contributed by atoms with Crippen LogP contribution in [0.3, 0.4) is 0 Å². The molecule has 2 amide bonds. The SMILES string of the molecule is CC(=O)N1CCN(C(=O)C[C@@H]2CCNC[C@@H]2Cc2cc(CN(C)c3ccccc3)on2)CC1. The molecule has 33 heavy (non-hydrogen) atoms. The minimum absolute atomic E-state index is 0.0856. The van der Waals surface area contributed by atoms with Crippen LogP contribution in [0.1, 0.15) is 31.2 Å². The first-order chi connectivity index (χ1) is 16.0. The Morgan fingerprint density at radius 2 is 1.85 bits per heavy atom. The van der Waals surface area contributed by atoms with Gasteiger partial charge >= 0.3 is 0 Å². The van der Waals surface area contributed by atoms with E-state index in [1.54, 1.807) is 6.92 Å². The summed E-state index contributed by atoms with van der Waals surface area (Å²) in [5.41, 5.74) is 2.09. The molecule has 2 saturated heterocycles. The number of aromatic nitrogens is 1. The fourth-order valence-electron chi connectivity index (χ4n) is 4.91. The molecule has 0 aliphatic carbocycles. The summed E-state index contributed by atoms with van der Waals surface area (Å²) in [6.07, 6.45) is 2.36. The highest BCUT2D eigenvalue weighted by atomic mass is 16.5. The highest BCUT2D eigenvalue weighted by Crippen LogP contribution is 2.27. The van der Waals surface area contributed by atoms with Crippen molar-refractivity contribution >= 4 is 17.5 Å². The number of rotatable bonds is 7. The predicted molar refractivity (Wildman–Crippen MR) is 127 cm³/mol. The van der Waals surface area contributed by atoms with Crippen LogP contribution in [0, 0.1) is 11.8 Å². The van der Waals surface area contributed by atoms with Gasteiger partial charge in [0.15, 0.2) is 5.76 Å². The zero-order valence-corrected chi connectivity index (χ0v) is 19.7. The summed E-state index contributed by atoms with van der Waals surface area (Å²) in [5.74, 6) is 1.82. The van der Waals surface area contributed by atoms with Crippen molar-refractivity contribution in [2.75, 3.05) is 51.2 Å². The van der Waals surface area contributed by atoms with Crippen LogP contribution in [0.15, 0.2) is 40.9 Å².